The van der Waals surface area contributed by atoms with Crippen molar-refractivity contribution >= 4 is 0 Å². The van der Waals surface area contributed by atoms with Gasteiger partial charge in [0.1, 0.15) is 0 Å². The van der Waals surface area contributed by atoms with E-state index in [0.29, 0.717) is 12.1 Å². The molecule has 0 rings (SSSR count). The zero-order valence-corrected chi connectivity index (χ0v) is 13.0. The van der Waals surface area contributed by atoms with E-state index >= 15 is 0 Å². The predicted octanol–water partition coefficient (Wildman–Crippen LogP) is 1.48. The number of methoxy groups -OCH3 is 1. The summed E-state index contributed by atoms with van der Waals surface area (Å²) in [6, 6.07) is 0.789. The van der Waals surface area contributed by atoms with E-state index in [9.17, 15) is 0 Å². The van der Waals surface area contributed by atoms with Crippen LogP contribution in [0.3, 0.4) is 0 Å². The Labute approximate surface area is 113 Å². The van der Waals surface area contributed by atoms with Gasteiger partial charge in [-0.25, -0.2) is 0 Å². The standard InChI is InChI=1S/C14H32N2O2/c1-7-15-13(14(4,5)18-6)8-9-16(10-11-17)12(2)3/h12-13,15,17H,7-11H2,1-6H3. The minimum atomic E-state index is -0.169. The Kier molecular flexibility index (Phi) is 8.78. The van der Waals surface area contributed by atoms with Crippen molar-refractivity contribution in [1.29, 1.82) is 0 Å². The van der Waals surface area contributed by atoms with Crippen molar-refractivity contribution in [3.05, 3.63) is 0 Å². The fourth-order valence-corrected chi connectivity index (χ4v) is 2.14. The lowest BCUT2D eigenvalue weighted by molar-refractivity contribution is -0.0155. The molecular formula is C14H32N2O2. The van der Waals surface area contributed by atoms with Gasteiger partial charge in [-0.2, -0.15) is 0 Å². The summed E-state index contributed by atoms with van der Waals surface area (Å²) in [7, 11) is 1.76. The van der Waals surface area contributed by atoms with Gasteiger partial charge in [-0.3, -0.25) is 4.90 Å². The second-order valence-electron chi connectivity index (χ2n) is 5.56. The lowest BCUT2D eigenvalue weighted by Crippen LogP contribution is -2.50. The van der Waals surface area contributed by atoms with Crippen molar-refractivity contribution in [3.8, 4) is 0 Å². The van der Waals surface area contributed by atoms with Crippen LogP contribution in [0.1, 0.15) is 41.0 Å². The summed E-state index contributed by atoms with van der Waals surface area (Å²) in [6.45, 7) is 13.6. The minimum absolute atomic E-state index is 0.169. The third-order valence-corrected chi connectivity index (χ3v) is 3.64. The summed E-state index contributed by atoms with van der Waals surface area (Å²) >= 11 is 0. The van der Waals surface area contributed by atoms with Crippen LogP contribution in [0.5, 0.6) is 0 Å². The van der Waals surface area contributed by atoms with E-state index in [0.717, 1.165) is 26.1 Å². The molecule has 0 aromatic rings. The zero-order chi connectivity index (χ0) is 14.2. The maximum Gasteiger partial charge on any atom is 0.0775 e. The number of hydrogen-bond donors (Lipinski definition) is 2. The predicted molar refractivity (Wildman–Crippen MR) is 77.0 cm³/mol. The van der Waals surface area contributed by atoms with Crippen LogP contribution in [0.2, 0.25) is 0 Å². The summed E-state index contributed by atoms with van der Waals surface area (Å²) in [5, 5.41) is 12.6. The number of aliphatic hydroxyl groups is 1. The van der Waals surface area contributed by atoms with Gasteiger partial charge >= 0.3 is 0 Å². The summed E-state index contributed by atoms with van der Waals surface area (Å²) in [4.78, 5) is 2.30. The molecule has 0 heterocycles. The number of nitrogens with zero attached hydrogens (tertiary/aromatic N) is 1. The van der Waals surface area contributed by atoms with Crippen LogP contribution in [0, 0.1) is 0 Å². The highest BCUT2D eigenvalue weighted by Crippen LogP contribution is 2.17. The minimum Gasteiger partial charge on any atom is -0.395 e. The molecule has 0 radical (unpaired) electrons. The Morgan fingerprint density at radius 2 is 1.89 bits per heavy atom. The second kappa shape index (κ2) is 8.86. The molecule has 0 bridgehead atoms. The molecule has 18 heavy (non-hydrogen) atoms. The molecule has 0 saturated carbocycles. The van der Waals surface area contributed by atoms with Crippen LogP contribution in [0.15, 0.2) is 0 Å². The molecule has 4 nitrogen and oxygen atoms in total. The highest BCUT2D eigenvalue weighted by Gasteiger charge is 2.28. The first-order valence-electron chi connectivity index (χ1n) is 7.02. The lowest BCUT2D eigenvalue weighted by atomic mass is 9.95. The number of likely N-dealkylation sites (N-methyl/N-ethyl adjacent to an activating group) is 1. The Hall–Kier alpha value is -0.160. The smallest absolute Gasteiger partial charge is 0.0775 e. The lowest BCUT2D eigenvalue weighted by Gasteiger charge is -2.36. The Morgan fingerprint density at radius 3 is 2.28 bits per heavy atom. The van der Waals surface area contributed by atoms with E-state index in [2.05, 4.69) is 44.8 Å². The molecule has 1 unspecified atom stereocenters. The molecule has 4 heteroatoms. The van der Waals surface area contributed by atoms with E-state index in [1.165, 1.54) is 0 Å². The fourth-order valence-electron chi connectivity index (χ4n) is 2.14. The molecule has 0 amide bonds. The summed E-state index contributed by atoms with van der Waals surface area (Å²) in [5.74, 6) is 0. The number of hydrogen-bond acceptors (Lipinski definition) is 4. The maximum atomic E-state index is 9.08. The number of aliphatic hydroxyl groups excluding tert-OH is 1. The molecule has 0 aromatic heterocycles. The summed E-state index contributed by atoms with van der Waals surface area (Å²) in [5.41, 5.74) is -0.169. The van der Waals surface area contributed by atoms with Crippen LogP contribution in [-0.4, -0.2) is 61.0 Å². The molecule has 0 saturated heterocycles. The SMILES string of the molecule is CCNC(CCN(CCO)C(C)C)C(C)(C)OC. The molecule has 0 aliphatic carbocycles. The van der Waals surface area contributed by atoms with E-state index in [-0.39, 0.29) is 12.2 Å². The van der Waals surface area contributed by atoms with Crippen molar-refractivity contribution in [2.24, 2.45) is 0 Å². The van der Waals surface area contributed by atoms with Gasteiger partial charge in [-0.15, -0.1) is 0 Å². The number of nitrogens with one attached hydrogen (secondary N) is 1. The first-order chi connectivity index (χ1) is 8.38. The topological polar surface area (TPSA) is 44.7 Å². The van der Waals surface area contributed by atoms with Gasteiger partial charge in [-0.1, -0.05) is 6.92 Å². The Bertz CT molecular complexity index is 208. The number of ether oxygens (including phenoxy) is 1. The zero-order valence-electron chi connectivity index (χ0n) is 13.0. The Morgan fingerprint density at radius 1 is 1.28 bits per heavy atom. The molecule has 0 aliphatic rings. The highest BCUT2D eigenvalue weighted by molar-refractivity contribution is 4.86. The van der Waals surface area contributed by atoms with E-state index in [1.54, 1.807) is 7.11 Å². The van der Waals surface area contributed by atoms with Crippen molar-refractivity contribution in [2.75, 3.05) is 33.4 Å². The van der Waals surface area contributed by atoms with Gasteiger partial charge in [0.15, 0.2) is 0 Å². The number of rotatable bonds is 10. The van der Waals surface area contributed by atoms with Crippen molar-refractivity contribution in [3.63, 3.8) is 0 Å². The third-order valence-electron chi connectivity index (χ3n) is 3.64. The first kappa shape index (κ1) is 17.8. The van der Waals surface area contributed by atoms with Gasteiger partial charge in [0, 0.05) is 32.3 Å². The Balaban J connectivity index is 4.40. The van der Waals surface area contributed by atoms with Crippen LogP contribution in [-0.2, 0) is 4.74 Å². The van der Waals surface area contributed by atoms with Crippen molar-refractivity contribution < 1.29 is 9.84 Å². The third kappa shape index (κ3) is 6.14. The van der Waals surface area contributed by atoms with Gasteiger partial charge in [0.05, 0.1) is 12.2 Å². The van der Waals surface area contributed by atoms with Crippen molar-refractivity contribution in [2.45, 2.75) is 58.7 Å². The van der Waals surface area contributed by atoms with Crippen LogP contribution < -0.4 is 5.32 Å². The first-order valence-corrected chi connectivity index (χ1v) is 7.02. The second-order valence-corrected chi connectivity index (χ2v) is 5.56. The van der Waals surface area contributed by atoms with Crippen LogP contribution in [0.4, 0.5) is 0 Å². The van der Waals surface area contributed by atoms with Crippen molar-refractivity contribution in [1.82, 2.24) is 10.2 Å². The molecule has 0 aromatic carbocycles. The molecule has 0 aliphatic heterocycles. The highest BCUT2D eigenvalue weighted by atomic mass is 16.5. The van der Waals surface area contributed by atoms with E-state index in [1.807, 2.05) is 0 Å². The van der Waals surface area contributed by atoms with E-state index < -0.39 is 0 Å². The molecule has 2 N–H and O–H groups in total. The van der Waals surface area contributed by atoms with E-state index in [4.69, 9.17) is 9.84 Å². The average molecular weight is 260 g/mol. The maximum absolute atomic E-state index is 9.08. The fraction of sp³-hybridized carbons (Fsp3) is 1.00. The molecule has 110 valence electrons. The van der Waals surface area contributed by atoms with Crippen LogP contribution >= 0.6 is 0 Å². The van der Waals surface area contributed by atoms with Gasteiger partial charge < -0.3 is 15.2 Å². The van der Waals surface area contributed by atoms with Gasteiger partial charge in [0.25, 0.3) is 0 Å². The molecule has 1 atom stereocenters. The molecule has 0 spiro atoms. The largest absolute Gasteiger partial charge is 0.395 e. The van der Waals surface area contributed by atoms with Gasteiger partial charge in [-0.05, 0) is 40.7 Å². The monoisotopic (exact) mass is 260 g/mol. The molecule has 0 fully saturated rings. The normalized spacial score (nSPS) is 14.5. The van der Waals surface area contributed by atoms with Crippen LogP contribution in [0.25, 0.3) is 0 Å². The average Bonchev–Trinajstić information content (AvgIpc) is 2.32. The summed E-state index contributed by atoms with van der Waals surface area (Å²) in [6.07, 6.45) is 1.02. The summed E-state index contributed by atoms with van der Waals surface area (Å²) < 4.78 is 5.57. The quantitative estimate of drug-likeness (QED) is 0.624. The molecular weight excluding hydrogens is 228 g/mol. The van der Waals surface area contributed by atoms with Gasteiger partial charge in [0.2, 0.25) is 0 Å².